The molecule has 1 aromatic carbocycles. The maximum atomic E-state index is 14.8. The summed E-state index contributed by atoms with van der Waals surface area (Å²) < 4.78 is 90.1. The third kappa shape index (κ3) is 5.39. The van der Waals surface area contributed by atoms with Crippen LogP contribution < -0.4 is 14.8 Å². The number of hydrogen-bond donors (Lipinski definition) is 1. The molecule has 1 fully saturated rings. The summed E-state index contributed by atoms with van der Waals surface area (Å²) in [5.74, 6) is -1.97. The number of carbonyl (C=O) groups is 1. The summed E-state index contributed by atoms with van der Waals surface area (Å²) in [5.41, 5.74) is -4.09. The number of nitrogens with one attached hydrogen (secondary N) is 1. The van der Waals surface area contributed by atoms with Crippen molar-refractivity contribution < 1.29 is 40.2 Å². The average molecular weight is 555 g/mol. The van der Waals surface area contributed by atoms with Crippen molar-refractivity contribution in [2.45, 2.75) is 42.9 Å². The molecule has 1 saturated carbocycles. The zero-order chi connectivity index (χ0) is 27.9. The van der Waals surface area contributed by atoms with E-state index in [1.807, 2.05) is 0 Å². The van der Waals surface area contributed by atoms with Gasteiger partial charge >= 0.3 is 6.18 Å². The molecule has 2 aromatic heterocycles. The second-order valence-electron chi connectivity index (χ2n) is 8.73. The molecule has 0 aliphatic heterocycles. The number of nitrogens with zero attached hydrogens (tertiary/aromatic N) is 3. The Morgan fingerprint density at radius 2 is 1.82 bits per heavy atom. The number of benzene rings is 1. The van der Waals surface area contributed by atoms with E-state index < -0.39 is 50.3 Å². The molecule has 9 nitrogen and oxygen atoms in total. The molecule has 38 heavy (non-hydrogen) atoms. The van der Waals surface area contributed by atoms with E-state index in [4.69, 9.17) is 9.47 Å². The summed E-state index contributed by atoms with van der Waals surface area (Å²) in [6.07, 6.45) is -2.69. The first kappa shape index (κ1) is 27.2. The summed E-state index contributed by atoms with van der Waals surface area (Å²) >= 11 is 0. The molecule has 14 heteroatoms. The lowest BCUT2D eigenvalue weighted by Crippen LogP contribution is -2.29. The standard InChI is InChI=1S/C24H22F4N4O5S/c1-13-18(20(33)29-14-6-4-7-15(12-14)38(3,34)35)22(32-31-19(13)24(26,27)28)37-16-8-9-17(30-21(16)36-2)23(25)10-5-11-23/h4,6-9,12H,5,10-11H2,1-3H3,(H,29,33). The summed E-state index contributed by atoms with van der Waals surface area (Å²) in [7, 11) is -2.38. The molecule has 1 aliphatic carbocycles. The fourth-order valence-corrected chi connectivity index (χ4v) is 4.52. The van der Waals surface area contributed by atoms with Gasteiger partial charge in [-0.2, -0.15) is 13.2 Å². The zero-order valence-corrected chi connectivity index (χ0v) is 21.2. The third-order valence-corrected chi connectivity index (χ3v) is 7.14. The number of anilines is 1. The fraction of sp³-hybridized carbons (Fsp3) is 0.333. The molecule has 0 radical (unpaired) electrons. The van der Waals surface area contributed by atoms with Crippen molar-refractivity contribution in [3.8, 4) is 17.5 Å². The van der Waals surface area contributed by atoms with E-state index in [9.17, 15) is 30.8 Å². The number of aromatic nitrogens is 3. The summed E-state index contributed by atoms with van der Waals surface area (Å²) in [5, 5.41) is 9.06. The normalized spacial score (nSPS) is 14.9. The molecule has 2 heterocycles. The van der Waals surface area contributed by atoms with Gasteiger partial charge in [-0.25, -0.2) is 17.8 Å². The number of pyridine rings is 1. The Balaban J connectivity index is 1.75. The van der Waals surface area contributed by atoms with Gasteiger partial charge in [0.1, 0.15) is 5.56 Å². The molecular weight excluding hydrogens is 532 g/mol. The molecule has 202 valence electrons. The van der Waals surface area contributed by atoms with Gasteiger partial charge in [-0.1, -0.05) is 6.07 Å². The molecule has 3 aromatic rings. The number of amides is 1. The Morgan fingerprint density at radius 1 is 1.11 bits per heavy atom. The van der Waals surface area contributed by atoms with Gasteiger partial charge in [0.25, 0.3) is 17.7 Å². The highest BCUT2D eigenvalue weighted by atomic mass is 32.2. The van der Waals surface area contributed by atoms with Crippen molar-refractivity contribution in [1.29, 1.82) is 0 Å². The van der Waals surface area contributed by atoms with E-state index in [2.05, 4.69) is 20.5 Å². The Hall–Kier alpha value is -3.81. The highest BCUT2D eigenvalue weighted by Gasteiger charge is 2.41. The Labute approximate surface area is 215 Å². The average Bonchev–Trinajstić information content (AvgIpc) is 2.81. The minimum atomic E-state index is -4.93. The minimum absolute atomic E-state index is 0.00554. The number of alkyl halides is 4. The van der Waals surface area contributed by atoms with Gasteiger partial charge in [-0.15, -0.1) is 10.2 Å². The molecule has 0 atom stereocenters. The molecule has 0 saturated heterocycles. The first-order valence-electron chi connectivity index (χ1n) is 11.2. The van der Waals surface area contributed by atoms with Gasteiger partial charge in [0.05, 0.1) is 17.7 Å². The van der Waals surface area contributed by atoms with Gasteiger partial charge in [0, 0.05) is 11.9 Å². The van der Waals surface area contributed by atoms with Crippen LogP contribution in [0.4, 0.5) is 23.2 Å². The Bertz CT molecular complexity index is 1510. The quantitative estimate of drug-likeness (QED) is 0.405. The first-order valence-corrected chi connectivity index (χ1v) is 13.1. The van der Waals surface area contributed by atoms with E-state index in [0.717, 1.165) is 19.2 Å². The number of methoxy groups -OCH3 is 1. The largest absolute Gasteiger partial charge is 0.478 e. The van der Waals surface area contributed by atoms with Gasteiger partial charge in [-0.3, -0.25) is 4.79 Å². The van der Waals surface area contributed by atoms with E-state index in [-0.39, 0.29) is 40.7 Å². The predicted octanol–water partition coefficient (Wildman–Crippen LogP) is 5.00. The molecule has 1 N–H and O–H groups in total. The lowest BCUT2D eigenvalue weighted by Gasteiger charge is -2.33. The Kier molecular flexibility index (Phi) is 7.03. The molecule has 4 rings (SSSR count). The van der Waals surface area contributed by atoms with Crippen LogP contribution in [-0.4, -0.2) is 42.9 Å². The fourth-order valence-electron chi connectivity index (χ4n) is 3.85. The van der Waals surface area contributed by atoms with Crippen molar-refractivity contribution in [3.05, 3.63) is 58.9 Å². The monoisotopic (exact) mass is 554 g/mol. The van der Waals surface area contributed by atoms with Crippen LogP contribution in [0.25, 0.3) is 0 Å². The lowest BCUT2D eigenvalue weighted by atomic mass is 9.79. The third-order valence-electron chi connectivity index (χ3n) is 6.03. The van der Waals surface area contributed by atoms with Gasteiger partial charge < -0.3 is 14.8 Å². The summed E-state index contributed by atoms with van der Waals surface area (Å²) in [4.78, 5) is 17.2. The van der Waals surface area contributed by atoms with Crippen LogP contribution in [0.3, 0.4) is 0 Å². The first-order chi connectivity index (χ1) is 17.7. The molecule has 0 spiro atoms. The number of ether oxygens (including phenoxy) is 2. The summed E-state index contributed by atoms with van der Waals surface area (Å²) in [6.45, 7) is 1.02. The molecule has 1 amide bonds. The zero-order valence-electron chi connectivity index (χ0n) is 20.4. The number of sulfone groups is 1. The number of rotatable bonds is 7. The van der Waals surface area contributed by atoms with Crippen LogP contribution in [0.2, 0.25) is 0 Å². The molecule has 0 bridgehead atoms. The van der Waals surface area contributed by atoms with Crippen LogP contribution >= 0.6 is 0 Å². The van der Waals surface area contributed by atoms with Crippen molar-refractivity contribution in [2.75, 3.05) is 18.7 Å². The van der Waals surface area contributed by atoms with Crippen LogP contribution in [0, 0.1) is 6.92 Å². The highest BCUT2D eigenvalue weighted by Crippen LogP contribution is 2.46. The van der Waals surface area contributed by atoms with E-state index >= 15 is 0 Å². The van der Waals surface area contributed by atoms with Crippen molar-refractivity contribution >= 4 is 21.4 Å². The van der Waals surface area contributed by atoms with Crippen molar-refractivity contribution in [2.24, 2.45) is 0 Å². The number of hydrogen-bond acceptors (Lipinski definition) is 8. The maximum absolute atomic E-state index is 14.8. The van der Waals surface area contributed by atoms with E-state index in [0.29, 0.717) is 6.42 Å². The van der Waals surface area contributed by atoms with Gasteiger partial charge in [0.2, 0.25) is 0 Å². The number of halogens is 4. The lowest BCUT2D eigenvalue weighted by molar-refractivity contribution is -0.142. The van der Waals surface area contributed by atoms with Crippen LogP contribution in [0.5, 0.6) is 17.5 Å². The molecular formula is C24H22F4N4O5S. The van der Waals surface area contributed by atoms with Crippen LogP contribution in [0.15, 0.2) is 41.3 Å². The topological polar surface area (TPSA) is 120 Å². The number of carbonyl (C=O) groups excluding carboxylic acids is 1. The maximum Gasteiger partial charge on any atom is 0.435 e. The molecule has 0 unspecified atom stereocenters. The second-order valence-corrected chi connectivity index (χ2v) is 10.7. The van der Waals surface area contributed by atoms with Crippen molar-refractivity contribution in [3.63, 3.8) is 0 Å². The summed E-state index contributed by atoms with van der Waals surface area (Å²) in [6, 6.07) is 7.85. The SMILES string of the molecule is COc1nc(C2(F)CCC2)ccc1Oc1nnc(C(F)(F)F)c(C)c1C(=O)Nc1cccc(S(C)(=O)=O)c1. The van der Waals surface area contributed by atoms with E-state index in [1.54, 1.807) is 0 Å². The predicted molar refractivity (Wildman–Crippen MR) is 127 cm³/mol. The van der Waals surface area contributed by atoms with Gasteiger partial charge in [0.15, 0.2) is 26.9 Å². The van der Waals surface area contributed by atoms with Crippen molar-refractivity contribution in [1.82, 2.24) is 15.2 Å². The van der Waals surface area contributed by atoms with E-state index in [1.165, 1.54) is 37.4 Å². The van der Waals surface area contributed by atoms with Gasteiger partial charge in [-0.05, 0) is 62.1 Å². The highest BCUT2D eigenvalue weighted by molar-refractivity contribution is 7.90. The smallest absolute Gasteiger partial charge is 0.435 e. The Morgan fingerprint density at radius 3 is 2.39 bits per heavy atom. The molecule has 1 aliphatic rings. The van der Waals surface area contributed by atoms with Crippen LogP contribution in [-0.2, 0) is 21.7 Å². The minimum Gasteiger partial charge on any atom is -0.478 e. The second kappa shape index (κ2) is 9.82. The van der Waals surface area contributed by atoms with Crippen LogP contribution in [0.1, 0.15) is 46.6 Å².